The third-order valence-electron chi connectivity index (χ3n) is 6.52. The van der Waals surface area contributed by atoms with Crippen molar-refractivity contribution in [1.29, 1.82) is 0 Å². The lowest BCUT2D eigenvalue weighted by atomic mass is 9.85. The van der Waals surface area contributed by atoms with Crippen LogP contribution in [0.1, 0.15) is 67.6 Å². The van der Waals surface area contributed by atoms with Crippen LogP contribution in [0.5, 0.6) is 0 Å². The quantitative estimate of drug-likeness (QED) is 0.388. The molecular formula is C26H29ClN4O5. The van der Waals surface area contributed by atoms with E-state index in [1.807, 2.05) is 39.8 Å². The molecule has 2 heterocycles. The van der Waals surface area contributed by atoms with Crippen molar-refractivity contribution in [2.24, 2.45) is 11.1 Å². The van der Waals surface area contributed by atoms with Gasteiger partial charge in [-0.2, -0.15) is 0 Å². The van der Waals surface area contributed by atoms with Crippen molar-refractivity contribution in [3.05, 3.63) is 72.4 Å². The van der Waals surface area contributed by atoms with E-state index in [1.54, 1.807) is 19.1 Å². The van der Waals surface area contributed by atoms with Gasteiger partial charge in [-0.25, -0.2) is 0 Å². The molecule has 0 fully saturated rings. The zero-order chi connectivity index (χ0) is 26.5. The third-order valence-corrected chi connectivity index (χ3v) is 6.87. The number of anilines is 3. The minimum atomic E-state index is -0.790. The minimum Gasteiger partial charge on any atom is -0.464 e. The van der Waals surface area contributed by atoms with Gasteiger partial charge in [-0.05, 0) is 43.0 Å². The van der Waals surface area contributed by atoms with E-state index in [2.05, 4.69) is 10.6 Å². The lowest BCUT2D eigenvalue weighted by molar-refractivity contribution is -0.122. The van der Waals surface area contributed by atoms with E-state index in [9.17, 15) is 19.2 Å². The molecule has 1 aromatic heterocycles. The summed E-state index contributed by atoms with van der Waals surface area (Å²) in [7, 11) is 0. The lowest BCUT2D eigenvalue weighted by Gasteiger charge is -2.31. The Kier molecular flexibility index (Phi) is 6.47. The fourth-order valence-corrected chi connectivity index (χ4v) is 4.81. The number of nitrogens with one attached hydrogen (secondary N) is 2. The molecule has 0 saturated carbocycles. The summed E-state index contributed by atoms with van der Waals surface area (Å²) in [5, 5.41) is 6.52. The first-order valence-electron chi connectivity index (χ1n) is 11.7. The van der Waals surface area contributed by atoms with Crippen LogP contribution in [0.4, 0.5) is 17.1 Å². The van der Waals surface area contributed by atoms with Crippen molar-refractivity contribution >= 4 is 40.5 Å². The number of carbonyl (C=O) groups is 2. The molecule has 2 amide bonds. The molecule has 190 valence electrons. The van der Waals surface area contributed by atoms with E-state index in [1.165, 1.54) is 4.90 Å². The van der Waals surface area contributed by atoms with Crippen LogP contribution in [0.15, 0.2) is 38.3 Å². The number of halogens is 1. The maximum Gasteiger partial charge on any atom is 0.257 e. The zero-order valence-electron chi connectivity index (χ0n) is 20.8. The first kappa shape index (κ1) is 25.5. The molecular weight excluding hydrogens is 484 g/mol. The Labute approximate surface area is 213 Å². The van der Waals surface area contributed by atoms with Crippen LogP contribution in [-0.2, 0) is 11.3 Å². The Morgan fingerprint density at radius 3 is 2.36 bits per heavy atom. The molecule has 0 spiro atoms. The fraction of sp³-hybridized carbons (Fsp3) is 0.385. The average Bonchev–Trinajstić information content (AvgIpc) is 3.38. The predicted octanol–water partition coefficient (Wildman–Crippen LogP) is 4.00. The van der Waals surface area contributed by atoms with Gasteiger partial charge in [0.2, 0.25) is 5.91 Å². The molecule has 0 radical (unpaired) electrons. The Morgan fingerprint density at radius 2 is 1.81 bits per heavy atom. The zero-order valence-corrected chi connectivity index (χ0v) is 21.6. The summed E-state index contributed by atoms with van der Waals surface area (Å²) in [6.45, 7) is 9.68. The summed E-state index contributed by atoms with van der Waals surface area (Å²) < 4.78 is 5.80. The van der Waals surface area contributed by atoms with Gasteiger partial charge in [0.15, 0.2) is 0 Å². The molecule has 36 heavy (non-hydrogen) atoms. The van der Waals surface area contributed by atoms with Crippen LogP contribution >= 0.6 is 11.6 Å². The number of nitrogens with two attached hydrogens (primary N) is 1. The van der Waals surface area contributed by atoms with Crippen molar-refractivity contribution in [2.45, 2.75) is 59.7 Å². The van der Waals surface area contributed by atoms with Crippen LogP contribution in [0.3, 0.4) is 0 Å². The number of nitrogens with zero attached hydrogens (tertiary/aromatic N) is 1. The van der Waals surface area contributed by atoms with Gasteiger partial charge in [0.25, 0.3) is 16.8 Å². The van der Waals surface area contributed by atoms with Crippen molar-refractivity contribution < 1.29 is 14.0 Å². The second kappa shape index (κ2) is 9.13. The third kappa shape index (κ3) is 4.28. The molecule has 4 N–H and O–H groups in total. The lowest BCUT2D eigenvalue weighted by Crippen LogP contribution is -2.44. The van der Waals surface area contributed by atoms with Crippen molar-refractivity contribution in [3.63, 3.8) is 0 Å². The van der Waals surface area contributed by atoms with Crippen LogP contribution in [-0.4, -0.2) is 22.8 Å². The highest BCUT2D eigenvalue weighted by molar-refractivity contribution is 6.32. The summed E-state index contributed by atoms with van der Waals surface area (Å²) in [6, 6.07) is 5.66. The van der Waals surface area contributed by atoms with Crippen molar-refractivity contribution in [3.8, 4) is 0 Å². The summed E-state index contributed by atoms with van der Waals surface area (Å²) in [4.78, 5) is 51.8. The van der Waals surface area contributed by atoms with E-state index in [0.29, 0.717) is 28.5 Å². The molecule has 0 aliphatic carbocycles. The molecule has 9 nitrogen and oxygen atoms in total. The Hall–Kier alpha value is -3.59. The Balaban J connectivity index is 1.70. The molecule has 10 heteroatoms. The smallest absolute Gasteiger partial charge is 0.257 e. The van der Waals surface area contributed by atoms with Crippen LogP contribution in [0, 0.1) is 12.3 Å². The second-order valence-corrected chi connectivity index (χ2v) is 10.5. The highest BCUT2D eigenvalue weighted by atomic mass is 35.5. The number of furan rings is 1. The Bertz CT molecular complexity index is 1430. The molecule has 1 aliphatic rings. The van der Waals surface area contributed by atoms with Crippen LogP contribution in [0.25, 0.3) is 0 Å². The SMILES string of the molecule is CC[C@H](C(N)=O)N1Cc2c(Cl)ccc(Nc3c(N[C@@H](c4ccc(C)o4)C(C)(C)C)c(=O)c3=O)c2C1=O. The molecule has 2 atom stereocenters. The maximum absolute atomic E-state index is 13.3. The molecule has 0 unspecified atom stereocenters. The first-order valence-corrected chi connectivity index (χ1v) is 12.1. The van der Waals surface area contributed by atoms with Crippen LogP contribution < -0.4 is 27.2 Å². The first-order chi connectivity index (χ1) is 16.8. The van der Waals surface area contributed by atoms with Gasteiger partial charge >= 0.3 is 0 Å². The Morgan fingerprint density at radius 1 is 1.14 bits per heavy atom. The molecule has 3 aromatic rings. The predicted molar refractivity (Wildman–Crippen MR) is 138 cm³/mol. The largest absolute Gasteiger partial charge is 0.464 e. The second-order valence-electron chi connectivity index (χ2n) is 10.1. The average molecular weight is 513 g/mol. The van der Waals surface area contributed by atoms with E-state index < -0.39 is 34.8 Å². The fourth-order valence-electron chi connectivity index (χ4n) is 4.59. The van der Waals surface area contributed by atoms with E-state index in [-0.39, 0.29) is 28.9 Å². The van der Waals surface area contributed by atoms with Crippen molar-refractivity contribution in [1.82, 2.24) is 4.90 Å². The van der Waals surface area contributed by atoms with Crippen LogP contribution in [0.2, 0.25) is 5.02 Å². The monoisotopic (exact) mass is 512 g/mol. The van der Waals surface area contributed by atoms with E-state index >= 15 is 0 Å². The normalized spacial score (nSPS) is 15.2. The van der Waals surface area contributed by atoms with Gasteiger partial charge in [0.1, 0.15) is 28.9 Å². The molecule has 0 bridgehead atoms. The molecule has 2 aromatic carbocycles. The number of carbonyl (C=O) groups excluding carboxylic acids is 2. The van der Waals surface area contributed by atoms with Gasteiger partial charge in [-0.3, -0.25) is 19.2 Å². The van der Waals surface area contributed by atoms with E-state index in [0.717, 1.165) is 5.76 Å². The van der Waals surface area contributed by atoms with Gasteiger partial charge in [0.05, 0.1) is 17.3 Å². The topological polar surface area (TPSA) is 135 Å². The summed E-state index contributed by atoms with van der Waals surface area (Å²) in [5.41, 5.74) is 5.05. The number of benzene rings is 1. The molecule has 4 rings (SSSR count). The molecule has 0 saturated heterocycles. The number of hydrogen-bond acceptors (Lipinski definition) is 7. The number of primary amides is 1. The standard InChI is InChI=1S/C26H29ClN4O5/c1-6-16(24(28)34)31-11-13-14(27)8-9-15(18(13)25(31)35)29-19-20(22(33)21(19)32)30-23(26(3,4)5)17-10-7-12(2)36-17/h7-10,16,23,29-30H,6,11H2,1-5H3,(H2,28,34)/t16-,23+/m1/s1. The van der Waals surface area contributed by atoms with Gasteiger partial charge in [0, 0.05) is 17.1 Å². The number of amides is 2. The maximum atomic E-state index is 13.3. The summed E-state index contributed by atoms with van der Waals surface area (Å²) in [5.74, 6) is 0.326. The number of aryl methyl sites for hydroxylation is 1. The summed E-state index contributed by atoms with van der Waals surface area (Å²) >= 11 is 6.37. The van der Waals surface area contributed by atoms with Crippen molar-refractivity contribution in [2.75, 3.05) is 10.6 Å². The van der Waals surface area contributed by atoms with Gasteiger partial charge in [-0.15, -0.1) is 0 Å². The van der Waals surface area contributed by atoms with Gasteiger partial charge in [-0.1, -0.05) is 39.3 Å². The summed E-state index contributed by atoms with van der Waals surface area (Å²) in [6.07, 6.45) is 0.349. The van der Waals surface area contributed by atoms with E-state index in [4.69, 9.17) is 21.8 Å². The number of rotatable bonds is 8. The number of hydrogen-bond donors (Lipinski definition) is 3. The van der Waals surface area contributed by atoms with Gasteiger partial charge < -0.3 is 25.7 Å². The number of fused-ring (bicyclic) bond motifs is 1. The highest BCUT2D eigenvalue weighted by Crippen LogP contribution is 2.40. The molecule has 1 aliphatic heterocycles. The highest BCUT2D eigenvalue weighted by Gasteiger charge is 2.38. The minimum absolute atomic E-state index is 0.0512.